The molecule has 8 aromatic rings. The van der Waals surface area contributed by atoms with Gasteiger partial charge in [-0.25, -0.2) is 4.98 Å². The molecule has 0 aliphatic carbocycles. The van der Waals surface area contributed by atoms with Crippen LogP contribution >= 0.6 is 23.1 Å². The second-order valence-corrected chi connectivity index (χ2v) is 25.2. The van der Waals surface area contributed by atoms with E-state index >= 15 is 19.2 Å². The number of aliphatic carboxylic acids is 1. The summed E-state index contributed by atoms with van der Waals surface area (Å²) in [7, 11) is 0. The zero-order valence-corrected chi connectivity index (χ0v) is 53.8. The highest BCUT2D eigenvalue weighted by atomic mass is 32.2. The van der Waals surface area contributed by atoms with Gasteiger partial charge in [-0.2, -0.15) is 0 Å². The van der Waals surface area contributed by atoms with Crippen molar-refractivity contribution in [2.24, 2.45) is 0 Å². The number of aryl methyl sites for hydroxylation is 1. The minimum Gasteiger partial charge on any atom is -0.508 e. The van der Waals surface area contributed by atoms with Gasteiger partial charge in [0.05, 0.1) is 41.7 Å². The number of para-hydroxylation sites is 2. The number of nitrogens with one attached hydrogen (secondary N) is 12. The van der Waals surface area contributed by atoms with Crippen molar-refractivity contribution in [2.45, 2.75) is 131 Å². The van der Waals surface area contributed by atoms with Crippen molar-refractivity contribution in [3.63, 3.8) is 0 Å². The number of hydrogen-bond acceptors (Lipinski definition) is 17. The summed E-state index contributed by atoms with van der Waals surface area (Å²) in [6.07, 6.45) is 6.56. The summed E-state index contributed by atoms with van der Waals surface area (Å²) in [4.78, 5) is 168. The number of phenolic OH excluding ortho intramolecular Hbond substituents is 1. The lowest BCUT2D eigenvalue weighted by Gasteiger charge is -2.28. The van der Waals surface area contributed by atoms with Crippen LogP contribution in [-0.4, -0.2) is 183 Å². The van der Waals surface area contributed by atoms with Crippen molar-refractivity contribution >= 4 is 120 Å². The summed E-state index contributed by atoms with van der Waals surface area (Å²) in [6.45, 7) is 0.633. The van der Waals surface area contributed by atoms with E-state index in [2.05, 4.69) is 67.8 Å². The maximum atomic E-state index is 15.2. The van der Waals surface area contributed by atoms with Gasteiger partial charge in [-0.3, -0.25) is 52.7 Å². The Labute approximate surface area is 556 Å². The average molecular weight is 1360 g/mol. The number of thiophene rings is 1. The molecule has 0 radical (unpaired) electrons. The number of ketones is 1. The lowest BCUT2D eigenvalue weighted by Crippen LogP contribution is -2.62. The number of aliphatic hydroxyl groups is 2. The Morgan fingerprint density at radius 2 is 1.09 bits per heavy atom. The molecule has 1 aliphatic heterocycles. The van der Waals surface area contributed by atoms with Crippen LogP contribution < -0.4 is 47.9 Å². The molecular formula is C65H74N14O15S2. The topological polar surface area (TPSA) is 442 Å². The van der Waals surface area contributed by atoms with Crippen molar-refractivity contribution in [1.29, 1.82) is 0 Å². The van der Waals surface area contributed by atoms with Crippen LogP contribution in [0.3, 0.4) is 0 Å². The molecule has 0 fully saturated rings. The Bertz CT molecular complexity index is 4130. The largest absolute Gasteiger partial charge is 0.508 e. The number of thioether (sulfide) groups is 1. The number of aromatic nitrogens is 5. The Hall–Kier alpha value is -10.4. The Morgan fingerprint density at radius 3 is 1.64 bits per heavy atom. The van der Waals surface area contributed by atoms with E-state index in [1.165, 1.54) is 73.7 Å². The van der Waals surface area contributed by atoms with E-state index in [0.717, 1.165) is 26.0 Å². The molecule has 6 heterocycles. The van der Waals surface area contributed by atoms with E-state index in [9.17, 15) is 54.0 Å². The molecular weight excluding hydrogens is 1280 g/mol. The quantitative estimate of drug-likeness (QED) is 0.0715. The number of carboxylic acids is 1. The number of aromatic amines is 3. The molecule has 1 aliphatic rings. The van der Waals surface area contributed by atoms with Crippen LogP contribution in [0.4, 0.5) is 0 Å². The van der Waals surface area contributed by atoms with Crippen molar-refractivity contribution in [2.75, 3.05) is 19.0 Å². The van der Waals surface area contributed by atoms with Gasteiger partial charge < -0.3 is 87.8 Å². The fraction of sp³-hybridized carbons (Fsp3) is 0.354. The molecule has 0 spiro atoms. The fourth-order valence-electron chi connectivity index (χ4n) is 11.2. The molecule has 0 saturated heterocycles. The summed E-state index contributed by atoms with van der Waals surface area (Å²) >= 11 is 2.77. The lowest BCUT2D eigenvalue weighted by atomic mass is 10.0. The number of aromatic hydroxyl groups is 1. The number of amides is 9. The predicted octanol–water partition coefficient (Wildman–Crippen LogP) is 0.772. The number of phenols is 1. The lowest BCUT2D eigenvalue weighted by molar-refractivity contribution is -0.142. The summed E-state index contributed by atoms with van der Waals surface area (Å²) in [5.41, 5.74) is 3.22. The highest BCUT2D eigenvalue weighted by Gasteiger charge is 2.37. The SMILES string of the molecule is CC(=O)N[C@H]1CCCCn2cc3sccc3c2SCC(C(C)=O)NC(=O)[C@H](Cc2c[nH]c3ccccc23)NC(=O)[C@H](Cc2ccc(O)cc2)NC(=O)[C@H](Cc2cnc[nH]2)NC(=O)[C@H](Cc2c[nH]c3ccccc23)NC(=O)[C@H](CO)NC(=O)[C@H](CC(=O)O)NC(=O)[C@H](CO)NC1=O. The number of hydrogen-bond donors (Lipinski definition) is 16. The third-order valence-corrected chi connectivity index (χ3v) is 18.3. The summed E-state index contributed by atoms with van der Waals surface area (Å²) in [5, 5.41) is 69.2. The summed E-state index contributed by atoms with van der Waals surface area (Å²) < 4.78 is 2.87. The molecule has 9 atom stereocenters. The van der Waals surface area contributed by atoms with Gasteiger partial charge in [0.2, 0.25) is 53.2 Å². The number of nitrogens with zero attached hydrogens (tertiary/aromatic N) is 2. The van der Waals surface area contributed by atoms with Crippen molar-refractivity contribution in [3.05, 3.63) is 138 Å². The van der Waals surface area contributed by atoms with Gasteiger partial charge >= 0.3 is 5.97 Å². The van der Waals surface area contributed by atoms with Gasteiger partial charge in [0.25, 0.3) is 0 Å². The van der Waals surface area contributed by atoms with E-state index in [0.29, 0.717) is 52.7 Å². The third-order valence-electron chi connectivity index (χ3n) is 16.2. The number of aliphatic hydroxyl groups excluding tert-OH is 2. The normalized spacial score (nSPS) is 22.3. The van der Waals surface area contributed by atoms with Gasteiger partial charge in [-0.1, -0.05) is 48.5 Å². The van der Waals surface area contributed by atoms with Crippen LogP contribution in [0.2, 0.25) is 0 Å². The first-order chi connectivity index (χ1) is 46.1. The highest BCUT2D eigenvalue weighted by molar-refractivity contribution is 7.99. The van der Waals surface area contributed by atoms with Crippen LogP contribution in [0.5, 0.6) is 5.75 Å². The standard InChI is InChI=1S/C65H74N14O15S2/c1-34(82)54-32-96-65-43-18-20-95-55(43)29-79(65)19-8-7-13-46(70-35(2)83)57(87)76-52(30-80)64(94)75-51(25-56(85)86)62(92)77-53(31-81)63(93)73-48(22-37-26-67-44-11-5-3-9-41(37)44)59(89)74-50(24-39-28-66-33-69-39)61(91)71-47(21-36-14-16-40(84)17-15-36)58(88)72-49(60(90)78-54)23-38-27-68-45-12-6-4-10-42(38)45/h3-6,9-12,14-18,20,26-29,33,46-54,67-68,80-81,84H,7-8,13,19,21-25,30-32H2,1-2H3,(H,66,69)(H,70,83)(H,71,91)(H,72,88)(H,73,93)(H,74,89)(H,75,94)(H,76,87)(H,77,92)(H,78,90)(H,85,86)/t46-,47-,48-,49-,50-,51-,52-,53-,54?/m0/s1. The van der Waals surface area contributed by atoms with E-state index in [1.807, 2.05) is 46.5 Å². The maximum absolute atomic E-state index is 15.2. The molecule has 96 heavy (non-hydrogen) atoms. The van der Waals surface area contributed by atoms with Crippen molar-refractivity contribution in [1.82, 2.24) is 72.4 Å². The first-order valence-corrected chi connectivity index (χ1v) is 32.7. The molecule has 0 bridgehead atoms. The highest BCUT2D eigenvalue weighted by Crippen LogP contribution is 2.34. The molecule has 16 N–H and O–H groups in total. The number of Topliss-reactive ketones (excluding diaryl/α,β-unsaturated/α-hetero) is 1. The van der Waals surface area contributed by atoms with E-state index in [4.69, 9.17) is 0 Å². The number of rotatable bonds is 14. The monoisotopic (exact) mass is 1350 g/mol. The average Bonchev–Trinajstić information content (AvgIpc) is 1.68. The van der Waals surface area contributed by atoms with Gasteiger partial charge in [-0.05, 0) is 78.6 Å². The molecule has 9 amide bonds. The van der Waals surface area contributed by atoms with Gasteiger partial charge in [0, 0.05) is 103 Å². The van der Waals surface area contributed by atoms with Crippen LogP contribution in [0.15, 0.2) is 120 Å². The van der Waals surface area contributed by atoms with Gasteiger partial charge in [-0.15, -0.1) is 23.1 Å². The fourth-order valence-corrected chi connectivity index (χ4v) is 13.3. The number of fused-ring (bicyclic) bond motifs is 5. The minimum absolute atomic E-state index is 0.0205. The van der Waals surface area contributed by atoms with E-state index in [-0.39, 0.29) is 43.6 Å². The molecule has 31 heteroatoms. The van der Waals surface area contributed by atoms with Crippen LogP contribution in [-0.2, 0) is 85.0 Å². The molecule has 9 rings (SSSR count). The Morgan fingerprint density at radius 1 is 0.583 bits per heavy atom. The zero-order valence-electron chi connectivity index (χ0n) is 52.1. The smallest absolute Gasteiger partial charge is 0.305 e. The van der Waals surface area contributed by atoms with Gasteiger partial charge in [0.1, 0.15) is 54.1 Å². The second kappa shape index (κ2) is 32.7. The Kier molecular flexibility index (Phi) is 23.8. The van der Waals surface area contributed by atoms with Crippen molar-refractivity contribution < 1.29 is 73.2 Å². The van der Waals surface area contributed by atoms with Crippen LogP contribution in [0.25, 0.3) is 31.9 Å². The molecule has 29 nitrogen and oxygen atoms in total. The minimum atomic E-state index is -2.01. The molecule has 5 aromatic heterocycles. The number of benzene rings is 3. The van der Waals surface area contributed by atoms with Crippen molar-refractivity contribution in [3.8, 4) is 5.75 Å². The molecule has 1 unspecified atom stereocenters. The number of carbonyl (C=O) groups excluding carboxylic acids is 10. The van der Waals surface area contributed by atoms with E-state index < -0.39 is 139 Å². The first-order valence-electron chi connectivity index (χ1n) is 30.8. The van der Waals surface area contributed by atoms with Crippen LogP contribution in [0, 0.1) is 0 Å². The van der Waals surface area contributed by atoms with E-state index in [1.54, 1.807) is 36.7 Å². The summed E-state index contributed by atoms with van der Waals surface area (Å²) in [5.74, 6) is -11.0. The first kappa shape index (κ1) is 70.0. The number of H-pyrrole nitrogens is 3. The Balaban J connectivity index is 1.09. The number of carbonyl (C=O) groups is 11. The number of carboxylic acid groups (broad SMARTS) is 1. The molecule has 506 valence electrons. The third kappa shape index (κ3) is 18.3. The predicted molar refractivity (Wildman–Crippen MR) is 353 cm³/mol. The maximum Gasteiger partial charge on any atom is 0.305 e. The molecule has 3 aromatic carbocycles. The zero-order chi connectivity index (χ0) is 68.6. The second-order valence-electron chi connectivity index (χ2n) is 23.2. The summed E-state index contributed by atoms with van der Waals surface area (Å²) in [6, 6.07) is 7.64. The van der Waals surface area contributed by atoms with Crippen LogP contribution in [0.1, 0.15) is 61.9 Å². The number of imidazole rings is 1. The van der Waals surface area contributed by atoms with Gasteiger partial charge in [0.15, 0.2) is 5.78 Å². The molecule has 0 saturated carbocycles.